The second kappa shape index (κ2) is 6.53. The monoisotopic (exact) mass is 271 g/mol. The number of hydrogen-bond donors (Lipinski definition) is 2. The fourth-order valence-corrected chi connectivity index (χ4v) is 2.80. The molecule has 0 radical (unpaired) electrons. The van der Waals surface area contributed by atoms with E-state index in [0.717, 1.165) is 43.6 Å². The van der Waals surface area contributed by atoms with E-state index >= 15 is 0 Å². The van der Waals surface area contributed by atoms with Crippen molar-refractivity contribution in [3.8, 4) is 6.07 Å². The van der Waals surface area contributed by atoms with Crippen molar-refractivity contribution in [1.82, 2.24) is 5.32 Å². The van der Waals surface area contributed by atoms with Crippen molar-refractivity contribution in [2.24, 2.45) is 5.41 Å². The molecule has 1 saturated heterocycles. The number of nitrogens with zero attached hydrogens (tertiary/aromatic N) is 1. The van der Waals surface area contributed by atoms with E-state index in [1.54, 1.807) is 0 Å². The molecule has 4 heteroatoms. The third-order valence-electron chi connectivity index (χ3n) is 3.95. The van der Waals surface area contributed by atoms with Crippen LogP contribution in [0.1, 0.15) is 31.7 Å². The Labute approximate surface area is 120 Å². The van der Waals surface area contributed by atoms with Crippen LogP contribution in [0.15, 0.2) is 24.3 Å². The highest BCUT2D eigenvalue weighted by Gasteiger charge is 2.40. The molecule has 0 spiro atoms. The number of benzene rings is 1. The van der Waals surface area contributed by atoms with E-state index in [9.17, 15) is 4.79 Å². The van der Waals surface area contributed by atoms with E-state index < -0.39 is 0 Å². The number of carbonyl (C=O) groups excluding carboxylic acids is 1. The molecule has 1 heterocycles. The van der Waals surface area contributed by atoms with Gasteiger partial charge in [0.15, 0.2) is 0 Å². The SMILES string of the molecule is CCCC1(C(=O)Nc2ccc(CC#N)cc2)CCNC1. The molecule has 0 bridgehead atoms. The number of amides is 1. The van der Waals surface area contributed by atoms with E-state index in [1.807, 2.05) is 24.3 Å². The molecular weight excluding hydrogens is 250 g/mol. The van der Waals surface area contributed by atoms with Crippen LogP contribution in [0.25, 0.3) is 0 Å². The lowest BCUT2D eigenvalue weighted by Crippen LogP contribution is -2.38. The topological polar surface area (TPSA) is 64.9 Å². The third kappa shape index (κ3) is 3.17. The highest BCUT2D eigenvalue weighted by atomic mass is 16.2. The highest BCUT2D eigenvalue weighted by Crippen LogP contribution is 2.32. The summed E-state index contributed by atoms with van der Waals surface area (Å²) in [5, 5.41) is 15.0. The highest BCUT2D eigenvalue weighted by molar-refractivity contribution is 5.95. The van der Waals surface area contributed by atoms with E-state index in [-0.39, 0.29) is 11.3 Å². The quantitative estimate of drug-likeness (QED) is 0.864. The fraction of sp³-hybridized carbons (Fsp3) is 0.500. The average Bonchev–Trinajstić information content (AvgIpc) is 2.92. The average molecular weight is 271 g/mol. The first-order chi connectivity index (χ1) is 9.70. The van der Waals surface area contributed by atoms with E-state index in [0.29, 0.717) is 6.42 Å². The van der Waals surface area contributed by atoms with Gasteiger partial charge in [-0.3, -0.25) is 4.79 Å². The van der Waals surface area contributed by atoms with Gasteiger partial charge in [0.1, 0.15) is 0 Å². The molecule has 1 aliphatic rings. The molecule has 1 aromatic carbocycles. The van der Waals surface area contributed by atoms with E-state index in [2.05, 4.69) is 23.6 Å². The van der Waals surface area contributed by atoms with E-state index in [1.165, 1.54) is 0 Å². The van der Waals surface area contributed by atoms with Gasteiger partial charge in [-0.1, -0.05) is 25.5 Å². The van der Waals surface area contributed by atoms with Crippen LogP contribution >= 0.6 is 0 Å². The van der Waals surface area contributed by atoms with Crippen LogP contribution in [0.5, 0.6) is 0 Å². The predicted molar refractivity (Wildman–Crippen MR) is 79.2 cm³/mol. The Morgan fingerprint density at radius 2 is 2.20 bits per heavy atom. The summed E-state index contributed by atoms with van der Waals surface area (Å²) in [7, 11) is 0. The van der Waals surface area contributed by atoms with Crippen molar-refractivity contribution in [2.45, 2.75) is 32.6 Å². The smallest absolute Gasteiger partial charge is 0.231 e. The number of anilines is 1. The summed E-state index contributed by atoms with van der Waals surface area (Å²) in [6, 6.07) is 9.63. The molecule has 106 valence electrons. The number of hydrogen-bond acceptors (Lipinski definition) is 3. The first-order valence-electron chi connectivity index (χ1n) is 7.18. The summed E-state index contributed by atoms with van der Waals surface area (Å²) in [6.07, 6.45) is 3.23. The van der Waals surface area contributed by atoms with Crippen LogP contribution in [-0.2, 0) is 11.2 Å². The van der Waals surface area contributed by atoms with Crippen molar-refractivity contribution in [1.29, 1.82) is 5.26 Å². The Morgan fingerprint density at radius 3 is 2.75 bits per heavy atom. The Hall–Kier alpha value is -1.86. The number of carbonyl (C=O) groups is 1. The number of nitrogens with one attached hydrogen (secondary N) is 2. The molecule has 1 atom stereocenters. The molecule has 1 aliphatic heterocycles. The van der Waals surface area contributed by atoms with Gasteiger partial charge in [-0.25, -0.2) is 0 Å². The number of rotatable bonds is 5. The van der Waals surface area contributed by atoms with Gasteiger partial charge in [-0.15, -0.1) is 0 Å². The molecular formula is C16H21N3O. The van der Waals surface area contributed by atoms with Crippen molar-refractivity contribution in [2.75, 3.05) is 18.4 Å². The lowest BCUT2D eigenvalue weighted by molar-refractivity contribution is -0.125. The molecule has 20 heavy (non-hydrogen) atoms. The summed E-state index contributed by atoms with van der Waals surface area (Å²) in [5.74, 6) is 0.109. The molecule has 1 fully saturated rings. The van der Waals surface area contributed by atoms with E-state index in [4.69, 9.17) is 5.26 Å². The van der Waals surface area contributed by atoms with Crippen molar-refractivity contribution in [3.63, 3.8) is 0 Å². The standard InChI is InChI=1S/C16H21N3O/c1-2-8-16(9-11-18-12-16)15(20)19-14-5-3-13(4-6-14)7-10-17/h3-6,18H,2,7-9,11-12H2,1H3,(H,19,20). The molecule has 2 rings (SSSR count). The minimum atomic E-state index is -0.264. The zero-order valence-electron chi connectivity index (χ0n) is 11.9. The summed E-state index contributed by atoms with van der Waals surface area (Å²) in [4.78, 5) is 12.5. The minimum Gasteiger partial charge on any atom is -0.326 e. The van der Waals surface area contributed by atoms with Gasteiger partial charge in [0.25, 0.3) is 0 Å². The minimum absolute atomic E-state index is 0.109. The molecule has 1 amide bonds. The van der Waals surface area contributed by atoms with Crippen LogP contribution in [0.4, 0.5) is 5.69 Å². The van der Waals surface area contributed by atoms with Crippen molar-refractivity contribution in [3.05, 3.63) is 29.8 Å². The lowest BCUT2D eigenvalue weighted by atomic mass is 9.81. The molecule has 1 aromatic rings. The summed E-state index contributed by atoms with van der Waals surface area (Å²) in [5.41, 5.74) is 1.51. The summed E-state index contributed by atoms with van der Waals surface area (Å²) in [6.45, 7) is 3.79. The van der Waals surface area contributed by atoms with Crippen LogP contribution in [0.2, 0.25) is 0 Å². The maximum Gasteiger partial charge on any atom is 0.231 e. The maximum absolute atomic E-state index is 12.5. The van der Waals surface area contributed by atoms with Gasteiger partial charge >= 0.3 is 0 Å². The predicted octanol–water partition coefficient (Wildman–Crippen LogP) is 2.47. The van der Waals surface area contributed by atoms with Gasteiger partial charge < -0.3 is 10.6 Å². The zero-order valence-corrected chi connectivity index (χ0v) is 11.9. The van der Waals surface area contributed by atoms with Gasteiger partial charge in [0, 0.05) is 12.2 Å². The van der Waals surface area contributed by atoms with Gasteiger partial charge in [-0.05, 0) is 37.1 Å². The zero-order chi connectivity index (χ0) is 14.4. The van der Waals surface area contributed by atoms with Crippen LogP contribution < -0.4 is 10.6 Å². The Bertz CT molecular complexity index is 495. The fourth-order valence-electron chi connectivity index (χ4n) is 2.80. The second-order valence-electron chi connectivity index (χ2n) is 5.44. The first kappa shape index (κ1) is 14.5. The van der Waals surface area contributed by atoms with Gasteiger partial charge in [0.2, 0.25) is 5.91 Å². The summed E-state index contributed by atoms with van der Waals surface area (Å²) < 4.78 is 0. The van der Waals surface area contributed by atoms with Crippen molar-refractivity contribution >= 4 is 11.6 Å². The molecule has 4 nitrogen and oxygen atoms in total. The van der Waals surface area contributed by atoms with Crippen molar-refractivity contribution < 1.29 is 4.79 Å². The molecule has 0 saturated carbocycles. The maximum atomic E-state index is 12.5. The first-order valence-corrected chi connectivity index (χ1v) is 7.18. The van der Waals surface area contributed by atoms with Gasteiger partial charge in [-0.2, -0.15) is 5.26 Å². The second-order valence-corrected chi connectivity index (χ2v) is 5.44. The van der Waals surface area contributed by atoms with Crippen LogP contribution in [-0.4, -0.2) is 19.0 Å². The van der Waals surface area contributed by atoms with Crippen LogP contribution in [0.3, 0.4) is 0 Å². The number of nitriles is 1. The van der Waals surface area contributed by atoms with Crippen LogP contribution in [0, 0.1) is 16.7 Å². The Morgan fingerprint density at radius 1 is 1.45 bits per heavy atom. The Kier molecular flexibility index (Phi) is 4.75. The Balaban J connectivity index is 2.04. The largest absolute Gasteiger partial charge is 0.326 e. The normalized spacial score (nSPS) is 21.4. The molecule has 1 unspecified atom stereocenters. The molecule has 0 aromatic heterocycles. The molecule has 0 aliphatic carbocycles. The third-order valence-corrected chi connectivity index (χ3v) is 3.95. The summed E-state index contributed by atoms with van der Waals surface area (Å²) >= 11 is 0. The molecule has 2 N–H and O–H groups in total. The van der Waals surface area contributed by atoms with Gasteiger partial charge in [0.05, 0.1) is 17.9 Å². The lowest BCUT2D eigenvalue weighted by Gasteiger charge is -2.26.